The van der Waals surface area contributed by atoms with Gasteiger partial charge in [0.25, 0.3) is 0 Å². The van der Waals surface area contributed by atoms with Crippen LogP contribution in [0.5, 0.6) is 5.75 Å². The van der Waals surface area contributed by atoms with Crippen LogP contribution in [0, 0.1) is 6.92 Å². The Morgan fingerprint density at radius 3 is 2.69 bits per heavy atom. The molecule has 0 aliphatic carbocycles. The van der Waals surface area contributed by atoms with Crippen LogP contribution in [0.25, 0.3) is 0 Å². The Labute approximate surface area is 97.2 Å². The van der Waals surface area contributed by atoms with Crippen molar-refractivity contribution in [2.45, 2.75) is 25.4 Å². The first-order valence-electron chi connectivity index (χ1n) is 5.74. The Hall–Kier alpha value is -1.06. The molecule has 0 saturated carbocycles. The first kappa shape index (κ1) is 11.4. The second-order valence-corrected chi connectivity index (χ2v) is 4.61. The number of likely N-dealkylation sites (tertiary alicyclic amines) is 1. The van der Waals surface area contributed by atoms with Crippen molar-refractivity contribution in [3.8, 4) is 5.75 Å². The number of aryl methyl sites for hydroxylation is 1. The Kier molecular flexibility index (Phi) is 3.17. The van der Waals surface area contributed by atoms with Crippen LogP contribution in [-0.2, 0) is 0 Å². The van der Waals surface area contributed by atoms with Crippen LogP contribution in [-0.4, -0.2) is 31.6 Å². The monoisotopic (exact) mass is 220 g/mol. The van der Waals surface area contributed by atoms with E-state index in [-0.39, 0.29) is 6.04 Å². The first-order valence-corrected chi connectivity index (χ1v) is 5.74. The molecule has 3 nitrogen and oxygen atoms in total. The largest absolute Gasteiger partial charge is 0.496 e. The molecule has 0 aromatic heterocycles. The highest BCUT2D eigenvalue weighted by Gasteiger charge is 2.30. The molecule has 3 heteroatoms. The van der Waals surface area contributed by atoms with Crippen molar-refractivity contribution in [3.63, 3.8) is 0 Å². The van der Waals surface area contributed by atoms with Gasteiger partial charge in [0.1, 0.15) is 5.75 Å². The minimum absolute atomic E-state index is 0.248. The zero-order chi connectivity index (χ0) is 11.7. The van der Waals surface area contributed by atoms with E-state index >= 15 is 0 Å². The Balaban J connectivity index is 2.30. The van der Waals surface area contributed by atoms with Gasteiger partial charge in [0, 0.05) is 18.6 Å². The second-order valence-electron chi connectivity index (χ2n) is 4.61. The van der Waals surface area contributed by atoms with E-state index in [4.69, 9.17) is 10.5 Å². The molecule has 0 radical (unpaired) electrons. The maximum Gasteiger partial charge on any atom is 0.121 e. The fourth-order valence-corrected chi connectivity index (χ4v) is 2.56. The number of rotatable bonds is 2. The highest BCUT2D eigenvalue weighted by molar-refractivity contribution is 5.38. The summed E-state index contributed by atoms with van der Waals surface area (Å²) in [7, 11) is 3.84. The van der Waals surface area contributed by atoms with Gasteiger partial charge < -0.3 is 10.5 Å². The number of ether oxygens (including phenoxy) is 1. The molecule has 1 aromatic rings. The molecule has 0 bridgehead atoms. The van der Waals surface area contributed by atoms with Crippen molar-refractivity contribution in [2.75, 3.05) is 20.7 Å². The Morgan fingerprint density at radius 2 is 2.19 bits per heavy atom. The molecule has 2 N–H and O–H groups in total. The zero-order valence-electron chi connectivity index (χ0n) is 10.2. The van der Waals surface area contributed by atoms with Gasteiger partial charge in [-0.2, -0.15) is 0 Å². The smallest absolute Gasteiger partial charge is 0.121 e. The quantitative estimate of drug-likeness (QED) is 0.824. The van der Waals surface area contributed by atoms with Crippen molar-refractivity contribution in [3.05, 3.63) is 29.3 Å². The van der Waals surface area contributed by atoms with Crippen molar-refractivity contribution in [1.29, 1.82) is 0 Å². The van der Waals surface area contributed by atoms with E-state index in [0.29, 0.717) is 6.04 Å². The van der Waals surface area contributed by atoms with Crippen molar-refractivity contribution in [2.24, 2.45) is 5.73 Å². The van der Waals surface area contributed by atoms with Gasteiger partial charge in [-0.15, -0.1) is 0 Å². The van der Waals surface area contributed by atoms with Crippen molar-refractivity contribution in [1.82, 2.24) is 4.90 Å². The maximum atomic E-state index is 6.15. The summed E-state index contributed by atoms with van der Waals surface area (Å²) in [6, 6.07) is 6.94. The molecule has 88 valence electrons. The van der Waals surface area contributed by atoms with E-state index in [1.807, 2.05) is 6.07 Å². The van der Waals surface area contributed by atoms with Gasteiger partial charge in [-0.3, -0.25) is 4.90 Å². The average Bonchev–Trinajstić information content (AvgIpc) is 2.58. The molecule has 1 aliphatic rings. The molecule has 0 amide bonds. The number of likely N-dealkylation sites (N-methyl/N-ethyl adjacent to an activating group) is 1. The number of methoxy groups -OCH3 is 1. The molecule has 16 heavy (non-hydrogen) atoms. The van der Waals surface area contributed by atoms with Crippen LogP contribution >= 0.6 is 0 Å². The summed E-state index contributed by atoms with van der Waals surface area (Å²) < 4.78 is 5.27. The third-order valence-electron chi connectivity index (χ3n) is 3.46. The van der Waals surface area contributed by atoms with Gasteiger partial charge in [0.15, 0.2) is 0 Å². The van der Waals surface area contributed by atoms with E-state index in [9.17, 15) is 0 Å². The molecule has 2 rings (SSSR count). The third-order valence-corrected chi connectivity index (χ3v) is 3.46. The van der Waals surface area contributed by atoms with E-state index in [2.05, 4.69) is 31.0 Å². The third kappa shape index (κ3) is 1.93. The molecule has 1 heterocycles. The molecule has 1 saturated heterocycles. The van der Waals surface area contributed by atoms with Gasteiger partial charge in [-0.05, 0) is 37.6 Å². The highest BCUT2D eigenvalue weighted by atomic mass is 16.5. The van der Waals surface area contributed by atoms with Gasteiger partial charge in [-0.1, -0.05) is 12.1 Å². The summed E-state index contributed by atoms with van der Waals surface area (Å²) in [5.74, 6) is 0.943. The molecule has 0 spiro atoms. The first-order chi connectivity index (χ1) is 7.63. The number of nitrogens with zero attached hydrogens (tertiary/aromatic N) is 1. The summed E-state index contributed by atoms with van der Waals surface area (Å²) in [6.45, 7) is 3.15. The number of hydrogen-bond acceptors (Lipinski definition) is 3. The fraction of sp³-hybridized carbons (Fsp3) is 0.538. The molecular formula is C13H20N2O. The Morgan fingerprint density at radius 1 is 1.44 bits per heavy atom. The molecule has 2 unspecified atom stereocenters. The number of hydrogen-bond donors (Lipinski definition) is 1. The minimum atomic E-state index is 0.248. The molecule has 1 aliphatic heterocycles. The van der Waals surface area contributed by atoms with E-state index in [1.165, 1.54) is 11.1 Å². The lowest BCUT2D eigenvalue weighted by molar-refractivity contribution is 0.303. The molecular weight excluding hydrogens is 200 g/mol. The predicted octanol–water partition coefficient (Wildman–Crippen LogP) is 1.71. The fourth-order valence-electron chi connectivity index (χ4n) is 2.56. The number of benzene rings is 1. The van der Waals surface area contributed by atoms with E-state index < -0.39 is 0 Å². The summed E-state index contributed by atoms with van der Waals surface area (Å²) in [6.07, 6.45) is 1.08. The van der Waals surface area contributed by atoms with Gasteiger partial charge in [0.2, 0.25) is 0 Å². The standard InChI is InChI=1S/C13H20N2O/c1-9-8-10(4-5-12(9)16-3)13-11(14)6-7-15(13)2/h4-5,8,11,13H,6-7,14H2,1-3H3. The van der Waals surface area contributed by atoms with Gasteiger partial charge in [0.05, 0.1) is 7.11 Å². The lowest BCUT2D eigenvalue weighted by Crippen LogP contribution is -2.29. The summed E-state index contributed by atoms with van der Waals surface area (Å²) in [4.78, 5) is 2.33. The van der Waals surface area contributed by atoms with Gasteiger partial charge >= 0.3 is 0 Å². The molecule has 1 aromatic carbocycles. The zero-order valence-corrected chi connectivity index (χ0v) is 10.2. The van der Waals surface area contributed by atoms with Crippen molar-refractivity contribution >= 4 is 0 Å². The second kappa shape index (κ2) is 4.44. The average molecular weight is 220 g/mol. The van der Waals surface area contributed by atoms with E-state index in [1.54, 1.807) is 7.11 Å². The maximum absolute atomic E-state index is 6.15. The van der Waals surface area contributed by atoms with E-state index in [0.717, 1.165) is 18.7 Å². The summed E-state index contributed by atoms with van der Waals surface area (Å²) in [5, 5.41) is 0. The SMILES string of the molecule is COc1ccc(C2C(N)CCN2C)cc1C. The summed E-state index contributed by atoms with van der Waals surface area (Å²) in [5.41, 5.74) is 8.62. The Bertz CT molecular complexity index is 368. The van der Waals surface area contributed by atoms with Gasteiger partial charge in [-0.25, -0.2) is 0 Å². The number of nitrogens with two attached hydrogens (primary N) is 1. The van der Waals surface area contributed by atoms with Crippen LogP contribution in [0.1, 0.15) is 23.6 Å². The van der Waals surface area contributed by atoms with Crippen LogP contribution in [0.2, 0.25) is 0 Å². The van der Waals surface area contributed by atoms with Crippen LogP contribution in [0.4, 0.5) is 0 Å². The topological polar surface area (TPSA) is 38.5 Å². The highest BCUT2D eigenvalue weighted by Crippen LogP contribution is 2.31. The lowest BCUT2D eigenvalue weighted by atomic mass is 9.99. The van der Waals surface area contributed by atoms with Crippen LogP contribution < -0.4 is 10.5 Å². The lowest BCUT2D eigenvalue weighted by Gasteiger charge is -2.24. The normalized spacial score (nSPS) is 26.0. The predicted molar refractivity (Wildman–Crippen MR) is 65.7 cm³/mol. The van der Waals surface area contributed by atoms with Crippen LogP contribution in [0.3, 0.4) is 0 Å². The van der Waals surface area contributed by atoms with Crippen molar-refractivity contribution < 1.29 is 4.74 Å². The molecule has 1 fully saturated rings. The van der Waals surface area contributed by atoms with Crippen LogP contribution in [0.15, 0.2) is 18.2 Å². The molecule has 2 atom stereocenters. The minimum Gasteiger partial charge on any atom is -0.496 e. The summed E-state index contributed by atoms with van der Waals surface area (Å²) >= 11 is 0.